The fourth-order valence-corrected chi connectivity index (χ4v) is 3.65. The van der Waals surface area contributed by atoms with Crippen LogP contribution in [-0.2, 0) is 25.5 Å². The molecule has 8 nitrogen and oxygen atoms in total. The number of hydrazine groups is 1. The normalized spacial score (nSPS) is 10.2. The third-order valence-corrected chi connectivity index (χ3v) is 5.38. The van der Waals surface area contributed by atoms with E-state index in [9.17, 15) is 14.4 Å². The van der Waals surface area contributed by atoms with Gasteiger partial charge in [-0.25, -0.2) is 0 Å². The molecule has 182 valence electrons. The van der Waals surface area contributed by atoms with Crippen molar-refractivity contribution in [3.05, 3.63) is 63.6 Å². The lowest BCUT2D eigenvalue weighted by Gasteiger charge is -2.12. The number of carbonyl (C=O) groups excluding carboxylic acids is 3. The molecule has 2 rings (SSSR count). The second kappa shape index (κ2) is 15.3. The van der Waals surface area contributed by atoms with Crippen LogP contribution < -0.4 is 20.9 Å². The molecule has 0 saturated heterocycles. The molecule has 0 bridgehead atoms. The van der Waals surface area contributed by atoms with Gasteiger partial charge in [-0.05, 0) is 71.2 Å². The second-order valence-electron chi connectivity index (χ2n) is 7.08. The Morgan fingerprint density at radius 1 is 0.971 bits per heavy atom. The maximum Gasteiger partial charge on any atom is 0.305 e. The molecule has 0 aliphatic heterocycles. The van der Waals surface area contributed by atoms with Crippen molar-refractivity contribution in [1.82, 2.24) is 16.2 Å². The molecular formula is C23H25BrClN3O5S. The number of esters is 1. The molecule has 0 fully saturated rings. The Labute approximate surface area is 216 Å². The molecule has 0 heterocycles. The zero-order valence-electron chi connectivity index (χ0n) is 18.3. The Balaban J connectivity index is 1.51. The van der Waals surface area contributed by atoms with Crippen molar-refractivity contribution < 1.29 is 23.9 Å². The molecule has 0 aromatic heterocycles. The van der Waals surface area contributed by atoms with Crippen molar-refractivity contribution >= 4 is 62.6 Å². The number of nitrogens with one attached hydrogen (secondary N) is 3. The molecule has 11 heteroatoms. The Morgan fingerprint density at radius 3 is 2.47 bits per heavy atom. The second-order valence-corrected chi connectivity index (χ2v) is 8.78. The standard InChI is InChI=1S/C23H25BrClN3O5S/c24-18-14-17(25)11-12-19(18)33-15-21(30)27-28-23(34)26-20(29)9-4-10-22(31)32-13-5-8-16-6-2-1-3-7-16/h1-3,6-7,11-12,14H,4-5,8-10,13,15H2,(H,27,30)(H2,26,28,29,34). The van der Waals surface area contributed by atoms with Gasteiger partial charge in [0.05, 0.1) is 11.1 Å². The topological polar surface area (TPSA) is 106 Å². The first-order chi connectivity index (χ1) is 16.3. The lowest BCUT2D eigenvalue weighted by atomic mass is 10.1. The van der Waals surface area contributed by atoms with E-state index < -0.39 is 5.91 Å². The maximum absolute atomic E-state index is 11.9. The molecule has 2 aromatic rings. The number of aryl methyl sites for hydroxylation is 1. The number of thiocarbonyl (C=S) groups is 1. The SMILES string of the molecule is O=C(COc1ccc(Cl)cc1Br)NNC(=S)NC(=O)CCCC(=O)OCCCc1ccccc1. The van der Waals surface area contributed by atoms with Gasteiger partial charge in [0, 0.05) is 17.9 Å². The summed E-state index contributed by atoms with van der Waals surface area (Å²) in [5.74, 6) is -0.787. The van der Waals surface area contributed by atoms with E-state index in [1.54, 1.807) is 18.2 Å². The summed E-state index contributed by atoms with van der Waals surface area (Å²) in [6.45, 7) is 0.0591. The van der Waals surface area contributed by atoms with Crippen molar-refractivity contribution in [3.63, 3.8) is 0 Å². The summed E-state index contributed by atoms with van der Waals surface area (Å²) in [5, 5.41) is 2.88. The van der Waals surface area contributed by atoms with Crippen LogP contribution in [0.15, 0.2) is 53.0 Å². The van der Waals surface area contributed by atoms with Crippen molar-refractivity contribution in [2.24, 2.45) is 0 Å². The summed E-state index contributed by atoms with van der Waals surface area (Å²) in [6.07, 6.45) is 2.12. The van der Waals surface area contributed by atoms with E-state index in [4.69, 9.17) is 33.3 Å². The van der Waals surface area contributed by atoms with Gasteiger partial charge in [-0.15, -0.1) is 0 Å². The van der Waals surface area contributed by atoms with E-state index in [-0.39, 0.29) is 36.4 Å². The van der Waals surface area contributed by atoms with Crippen LogP contribution >= 0.6 is 39.7 Å². The first kappa shape index (κ1) is 27.6. The van der Waals surface area contributed by atoms with Gasteiger partial charge >= 0.3 is 5.97 Å². The third-order valence-electron chi connectivity index (χ3n) is 4.32. The van der Waals surface area contributed by atoms with E-state index in [2.05, 4.69) is 32.1 Å². The highest BCUT2D eigenvalue weighted by Gasteiger charge is 2.10. The molecule has 0 atom stereocenters. The van der Waals surface area contributed by atoms with Crippen LogP contribution in [0.2, 0.25) is 5.02 Å². The largest absolute Gasteiger partial charge is 0.483 e. The molecule has 0 unspecified atom stereocenters. The van der Waals surface area contributed by atoms with E-state index in [0.29, 0.717) is 28.3 Å². The number of rotatable bonds is 11. The van der Waals surface area contributed by atoms with Crippen LogP contribution in [0.5, 0.6) is 5.75 Å². The van der Waals surface area contributed by atoms with Crippen LogP contribution in [-0.4, -0.2) is 36.1 Å². The predicted molar refractivity (Wildman–Crippen MR) is 136 cm³/mol. The quantitative estimate of drug-likeness (QED) is 0.163. The Kier molecular flexibility index (Phi) is 12.4. The molecule has 0 aliphatic carbocycles. The number of ether oxygens (including phenoxy) is 2. The fourth-order valence-electron chi connectivity index (χ4n) is 2.69. The van der Waals surface area contributed by atoms with Gasteiger partial charge in [0.25, 0.3) is 5.91 Å². The van der Waals surface area contributed by atoms with Gasteiger partial charge in [-0.1, -0.05) is 41.9 Å². The van der Waals surface area contributed by atoms with Crippen molar-refractivity contribution in [3.8, 4) is 5.75 Å². The Hall–Kier alpha value is -2.69. The molecule has 0 radical (unpaired) electrons. The minimum absolute atomic E-state index is 0.0745. The van der Waals surface area contributed by atoms with Crippen LogP contribution in [0.4, 0.5) is 0 Å². The minimum atomic E-state index is -0.506. The van der Waals surface area contributed by atoms with Gasteiger partial charge < -0.3 is 14.8 Å². The number of amides is 2. The highest BCUT2D eigenvalue weighted by Crippen LogP contribution is 2.27. The van der Waals surface area contributed by atoms with Crippen molar-refractivity contribution in [2.75, 3.05) is 13.2 Å². The van der Waals surface area contributed by atoms with Crippen LogP contribution in [0.1, 0.15) is 31.2 Å². The van der Waals surface area contributed by atoms with Crippen LogP contribution in [0, 0.1) is 0 Å². The van der Waals surface area contributed by atoms with Gasteiger partial charge in [0.1, 0.15) is 5.75 Å². The first-order valence-corrected chi connectivity index (χ1v) is 12.1. The smallest absolute Gasteiger partial charge is 0.305 e. The molecule has 34 heavy (non-hydrogen) atoms. The van der Waals surface area contributed by atoms with Crippen LogP contribution in [0.25, 0.3) is 0 Å². The van der Waals surface area contributed by atoms with E-state index in [0.717, 1.165) is 12.8 Å². The van der Waals surface area contributed by atoms with E-state index in [1.807, 2.05) is 30.3 Å². The van der Waals surface area contributed by atoms with Crippen molar-refractivity contribution in [2.45, 2.75) is 32.1 Å². The number of benzene rings is 2. The monoisotopic (exact) mass is 569 g/mol. The highest BCUT2D eigenvalue weighted by atomic mass is 79.9. The van der Waals surface area contributed by atoms with Crippen molar-refractivity contribution in [1.29, 1.82) is 0 Å². The average molecular weight is 571 g/mol. The minimum Gasteiger partial charge on any atom is -0.483 e. The van der Waals surface area contributed by atoms with Gasteiger partial charge in [0.2, 0.25) is 5.91 Å². The highest BCUT2D eigenvalue weighted by molar-refractivity contribution is 9.10. The zero-order valence-corrected chi connectivity index (χ0v) is 21.4. The molecular weight excluding hydrogens is 546 g/mol. The first-order valence-electron chi connectivity index (χ1n) is 10.5. The van der Waals surface area contributed by atoms with Gasteiger partial charge in [0.15, 0.2) is 11.7 Å². The molecule has 0 saturated carbocycles. The number of halogens is 2. The summed E-state index contributed by atoms with van der Waals surface area (Å²) in [6, 6.07) is 14.8. The summed E-state index contributed by atoms with van der Waals surface area (Å²) in [5.41, 5.74) is 5.93. The number of hydrogen-bond acceptors (Lipinski definition) is 6. The number of carbonyl (C=O) groups is 3. The van der Waals surface area contributed by atoms with E-state index >= 15 is 0 Å². The predicted octanol–water partition coefficient (Wildman–Crippen LogP) is 3.85. The molecule has 3 N–H and O–H groups in total. The number of hydrogen-bond donors (Lipinski definition) is 3. The molecule has 2 amide bonds. The lowest BCUT2D eigenvalue weighted by molar-refractivity contribution is -0.143. The Bertz CT molecular complexity index is 994. The average Bonchev–Trinajstić information content (AvgIpc) is 2.80. The molecule has 2 aromatic carbocycles. The van der Waals surface area contributed by atoms with Gasteiger partial charge in [-0.2, -0.15) is 0 Å². The zero-order chi connectivity index (χ0) is 24.8. The summed E-state index contributed by atoms with van der Waals surface area (Å²) >= 11 is 14.1. The van der Waals surface area contributed by atoms with E-state index in [1.165, 1.54) is 5.56 Å². The summed E-state index contributed by atoms with van der Waals surface area (Å²) in [7, 11) is 0. The lowest BCUT2D eigenvalue weighted by Crippen LogP contribution is -2.49. The fraction of sp³-hybridized carbons (Fsp3) is 0.304. The summed E-state index contributed by atoms with van der Waals surface area (Å²) in [4.78, 5) is 35.6. The Morgan fingerprint density at radius 2 is 1.74 bits per heavy atom. The van der Waals surface area contributed by atoms with Gasteiger partial charge in [-0.3, -0.25) is 25.2 Å². The molecule has 0 spiro atoms. The molecule has 0 aliphatic rings. The maximum atomic E-state index is 11.9. The summed E-state index contributed by atoms with van der Waals surface area (Å²) < 4.78 is 11.2. The van der Waals surface area contributed by atoms with Crippen LogP contribution in [0.3, 0.4) is 0 Å². The third kappa shape index (κ3) is 11.4.